The number of Topliss-reactive ketones (excluding diaryl/α,β-unsaturated/α-hetero) is 1. The maximum absolute atomic E-state index is 11.5. The quantitative estimate of drug-likeness (QED) is 0.625. The van der Waals surface area contributed by atoms with Crippen molar-refractivity contribution in [2.75, 3.05) is 0 Å². The van der Waals surface area contributed by atoms with Crippen LogP contribution in [0.5, 0.6) is 0 Å². The first-order valence-electron chi connectivity index (χ1n) is 4.58. The zero-order valence-electron chi connectivity index (χ0n) is 7.23. The number of hydrogen-bond donors (Lipinski definition) is 1. The molecule has 2 bridgehead atoms. The predicted octanol–water partition coefficient (Wildman–Crippen LogP) is 1.15. The average Bonchev–Trinajstić information content (AvgIpc) is 2.62. The highest BCUT2D eigenvalue weighted by atomic mass is 16.3. The van der Waals surface area contributed by atoms with Crippen LogP contribution in [-0.2, 0) is 4.79 Å². The molecular formula is C10H14O2. The van der Waals surface area contributed by atoms with Gasteiger partial charge in [-0.1, -0.05) is 12.2 Å². The van der Waals surface area contributed by atoms with Gasteiger partial charge in [0, 0.05) is 5.92 Å². The van der Waals surface area contributed by atoms with E-state index in [1.807, 2.05) is 0 Å². The Morgan fingerprint density at radius 2 is 2.25 bits per heavy atom. The zero-order chi connectivity index (χ0) is 8.72. The number of carbonyl (C=O) groups excluding carboxylic acids is 1. The number of hydrogen-bond acceptors (Lipinski definition) is 2. The van der Waals surface area contributed by atoms with Crippen LogP contribution in [-0.4, -0.2) is 17.0 Å². The van der Waals surface area contributed by atoms with Gasteiger partial charge in [-0.3, -0.25) is 4.79 Å². The number of ketones is 1. The Balaban J connectivity index is 2.08. The Kier molecular flexibility index (Phi) is 1.80. The fourth-order valence-corrected chi connectivity index (χ4v) is 2.42. The highest BCUT2D eigenvalue weighted by molar-refractivity contribution is 5.85. The molecule has 1 N–H and O–H groups in total. The lowest BCUT2D eigenvalue weighted by Crippen LogP contribution is -2.28. The van der Waals surface area contributed by atoms with Gasteiger partial charge in [-0.15, -0.1) is 0 Å². The van der Waals surface area contributed by atoms with Crippen molar-refractivity contribution < 1.29 is 9.90 Å². The first kappa shape index (κ1) is 7.99. The molecule has 2 aliphatic rings. The van der Waals surface area contributed by atoms with Crippen LogP contribution < -0.4 is 0 Å². The van der Waals surface area contributed by atoms with Crippen LogP contribution in [0.25, 0.3) is 0 Å². The molecule has 2 aliphatic carbocycles. The molecule has 1 saturated carbocycles. The Bertz CT molecular complexity index is 230. The molecule has 12 heavy (non-hydrogen) atoms. The second kappa shape index (κ2) is 2.70. The average molecular weight is 166 g/mol. The van der Waals surface area contributed by atoms with Crippen LogP contribution in [0.2, 0.25) is 0 Å². The summed E-state index contributed by atoms with van der Waals surface area (Å²) in [4.78, 5) is 11.5. The molecule has 66 valence electrons. The van der Waals surface area contributed by atoms with E-state index in [4.69, 9.17) is 5.11 Å². The first-order valence-corrected chi connectivity index (χ1v) is 4.58. The summed E-state index contributed by atoms with van der Waals surface area (Å²) in [6.45, 7) is 1.57. The number of rotatable bonds is 2. The molecule has 0 radical (unpaired) electrons. The van der Waals surface area contributed by atoms with Gasteiger partial charge >= 0.3 is 0 Å². The minimum Gasteiger partial charge on any atom is -0.386 e. The van der Waals surface area contributed by atoms with E-state index in [0.29, 0.717) is 11.8 Å². The standard InChI is InChI=1S/C10H14O2/c1-6(11)10(12)9-5-7-2-3-8(9)4-7/h2-3,6-9,11H,4-5H2,1H3/t6-,7+,8+,9+/m0/s1. The minimum absolute atomic E-state index is 0.0341. The highest BCUT2D eigenvalue weighted by Gasteiger charge is 2.40. The third-order valence-corrected chi connectivity index (χ3v) is 3.06. The van der Waals surface area contributed by atoms with Crippen molar-refractivity contribution in [1.29, 1.82) is 0 Å². The van der Waals surface area contributed by atoms with Crippen molar-refractivity contribution in [3.63, 3.8) is 0 Å². The molecule has 0 aromatic heterocycles. The lowest BCUT2D eigenvalue weighted by Gasteiger charge is -2.17. The molecule has 0 heterocycles. The van der Waals surface area contributed by atoms with Gasteiger partial charge in [0.25, 0.3) is 0 Å². The van der Waals surface area contributed by atoms with Gasteiger partial charge in [0.1, 0.15) is 6.10 Å². The van der Waals surface area contributed by atoms with Crippen molar-refractivity contribution in [2.24, 2.45) is 17.8 Å². The lowest BCUT2D eigenvalue weighted by atomic mass is 9.88. The van der Waals surface area contributed by atoms with Crippen LogP contribution in [0.1, 0.15) is 19.8 Å². The van der Waals surface area contributed by atoms with E-state index < -0.39 is 6.10 Å². The van der Waals surface area contributed by atoms with Crippen molar-refractivity contribution in [3.8, 4) is 0 Å². The second-order valence-electron chi connectivity index (χ2n) is 3.97. The van der Waals surface area contributed by atoms with Gasteiger partial charge in [-0.05, 0) is 31.6 Å². The smallest absolute Gasteiger partial charge is 0.164 e. The molecule has 0 aromatic carbocycles. The summed E-state index contributed by atoms with van der Waals surface area (Å²) in [5, 5.41) is 9.14. The summed E-state index contributed by atoms with van der Waals surface area (Å²) >= 11 is 0. The molecule has 2 heteroatoms. The molecule has 0 aromatic rings. The highest BCUT2D eigenvalue weighted by Crippen LogP contribution is 2.44. The molecule has 0 aliphatic heterocycles. The predicted molar refractivity (Wildman–Crippen MR) is 45.5 cm³/mol. The number of carbonyl (C=O) groups is 1. The Morgan fingerprint density at radius 1 is 1.50 bits per heavy atom. The van der Waals surface area contributed by atoms with Crippen LogP contribution >= 0.6 is 0 Å². The van der Waals surface area contributed by atoms with E-state index in [9.17, 15) is 4.79 Å². The first-order chi connectivity index (χ1) is 5.68. The van der Waals surface area contributed by atoms with Crippen LogP contribution in [0.4, 0.5) is 0 Å². The molecule has 2 rings (SSSR count). The van der Waals surface area contributed by atoms with E-state index in [-0.39, 0.29) is 11.7 Å². The third kappa shape index (κ3) is 1.11. The largest absolute Gasteiger partial charge is 0.386 e. The molecule has 0 unspecified atom stereocenters. The summed E-state index contributed by atoms with van der Waals surface area (Å²) in [5.74, 6) is 1.19. The Morgan fingerprint density at radius 3 is 2.67 bits per heavy atom. The maximum atomic E-state index is 11.5. The van der Waals surface area contributed by atoms with Crippen molar-refractivity contribution in [1.82, 2.24) is 0 Å². The molecule has 2 nitrogen and oxygen atoms in total. The zero-order valence-corrected chi connectivity index (χ0v) is 7.23. The van der Waals surface area contributed by atoms with Crippen molar-refractivity contribution in [2.45, 2.75) is 25.9 Å². The van der Waals surface area contributed by atoms with E-state index in [1.54, 1.807) is 6.92 Å². The molecule has 4 atom stereocenters. The summed E-state index contributed by atoms with van der Waals surface area (Å²) in [6, 6.07) is 0. The van der Waals surface area contributed by atoms with Crippen LogP contribution in [0, 0.1) is 17.8 Å². The van der Waals surface area contributed by atoms with E-state index in [1.165, 1.54) is 0 Å². The molecular weight excluding hydrogens is 152 g/mol. The van der Waals surface area contributed by atoms with E-state index >= 15 is 0 Å². The van der Waals surface area contributed by atoms with Gasteiger partial charge in [0.05, 0.1) is 0 Å². The van der Waals surface area contributed by atoms with Gasteiger partial charge in [-0.25, -0.2) is 0 Å². The number of aliphatic hydroxyl groups is 1. The van der Waals surface area contributed by atoms with Crippen molar-refractivity contribution in [3.05, 3.63) is 12.2 Å². The summed E-state index contributed by atoms with van der Waals surface area (Å²) < 4.78 is 0. The van der Waals surface area contributed by atoms with E-state index in [0.717, 1.165) is 12.8 Å². The van der Waals surface area contributed by atoms with Gasteiger partial charge in [-0.2, -0.15) is 0 Å². The maximum Gasteiger partial charge on any atom is 0.164 e. The Hall–Kier alpha value is -0.630. The number of aliphatic hydroxyl groups excluding tert-OH is 1. The van der Waals surface area contributed by atoms with E-state index in [2.05, 4.69) is 12.2 Å². The third-order valence-electron chi connectivity index (χ3n) is 3.06. The molecule has 0 saturated heterocycles. The molecule has 0 spiro atoms. The van der Waals surface area contributed by atoms with Crippen LogP contribution in [0.3, 0.4) is 0 Å². The lowest BCUT2D eigenvalue weighted by molar-refractivity contribution is -0.131. The fraction of sp³-hybridized carbons (Fsp3) is 0.700. The second-order valence-corrected chi connectivity index (χ2v) is 3.97. The molecule has 0 amide bonds. The van der Waals surface area contributed by atoms with Gasteiger partial charge in [0.15, 0.2) is 5.78 Å². The fourth-order valence-electron chi connectivity index (χ4n) is 2.42. The molecule has 1 fully saturated rings. The van der Waals surface area contributed by atoms with Gasteiger partial charge in [0.2, 0.25) is 0 Å². The normalized spacial score (nSPS) is 40.3. The number of allylic oxidation sites excluding steroid dienone is 2. The van der Waals surface area contributed by atoms with Gasteiger partial charge < -0.3 is 5.11 Å². The number of fused-ring (bicyclic) bond motifs is 2. The Labute approximate surface area is 72.3 Å². The van der Waals surface area contributed by atoms with Crippen LogP contribution in [0.15, 0.2) is 12.2 Å². The summed E-state index contributed by atoms with van der Waals surface area (Å²) in [5.41, 5.74) is 0. The van der Waals surface area contributed by atoms with Crippen molar-refractivity contribution >= 4 is 5.78 Å². The topological polar surface area (TPSA) is 37.3 Å². The summed E-state index contributed by atoms with van der Waals surface area (Å²) in [7, 11) is 0. The minimum atomic E-state index is -0.775. The summed E-state index contributed by atoms with van der Waals surface area (Å²) in [6.07, 6.45) is 5.66. The SMILES string of the molecule is C[C@H](O)C(=O)[C@@H]1C[C@@H]2C=C[C@@H]1C2. The monoisotopic (exact) mass is 166 g/mol.